The molecular weight excluding hydrogens is 240 g/mol. The van der Waals surface area contributed by atoms with E-state index in [2.05, 4.69) is 19.9 Å². The minimum atomic E-state index is -0.718. The summed E-state index contributed by atoms with van der Waals surface area (Å²) >= 11 is 0. The smallest absolute Gasteiger partial charge is 0.139 e. The van der Waals surface area contributed by atoms with Gasteiger partial charge in [0.05, 0.1) is 6.61 Å². The van der Waals surface area contributed by atoms with Crippen molar-refractivity contribution in [3.8, 4) is 5.75 Å². The molecule has 0 spiro atoms. The number of fused-ring (bicyclic) bond motifs is 1. The third kappa shape index (κ3) is 2.35. The van der Waals surface area contributed by atoms with E-state index >= 15 is 0 Å². The Kier molecular flexibility index (Phi) is 3.02. The lowest BCUT2D eigenvalue weighted by atomic mass is 9.98. The number of rotatable bonds is 2. The number of aliphatic hydroxyl groups is 1. The lowest BCUT2D eigenvalue weighted by Crippen LogP contribution is -2.25. The summed E-state index contributed by atoms with van der Waals surface area (Å²) in [5.74, 6) is 1.49. The number of allylic oxidation sites excluding steroid dienone is 1. The fourth-order valence-electron chi connectivity index (χ4n) is 2.78. The van der Waals surface area contributed by atoms with E-state index in [1.54, 1.807) is 0 Å². The molecule has 1 N–H and O–H groups in total. The van der Waals surface area contributed by atoms with E-state index in [1.807, 2.05) is 18.2 Å². The van der Waals surface area contributed by atoms with Crippen molar-refractivity contribution in [1.29, 1.82) is 0 Å². The highest BCUT2D eigenvalue weighted by molar-refractivity contribution is 5.48. The Morgan fingerprint density at radius 2 is 2.16 bits per heavy atom. The summed E-state index contributed by atoms with van der Waals surface area (Å²) in [6.45, 7) is 4.82. The summed E-state index contributed by atoms with van der Waals surface area (Å²) in [7, 11) is 0. The van der Waals surface area contributed by atoms with Gasteiger partial charge in [0.1, 0.15) is 23.2 Å². The SMILES string of the molecule is CC1(C)Cc2cccc(C(O)C3=CCCCO3)c2O1. The van der Waals surface area contributed by atoms with Crippen molar-refractivity contribution in [2.45, 2.75) is 44.8 Å². The Morgan fingerprint density at radius 3 is 2.89 bits per heavy atom. The van der Waals surface area contributed by atoms with Crippen molar-refractivity contribution in [3.05, 3.63) is 41.2 Å². The zero-order valence-electron chi connectivity index (χ0n) is 11.5. The van der Waals surface area contributed by atoms with Crippen molar-refractivity contribution in [2.24, 2.45) is 0 Å². The summed E-state index contributed by atoms with van der Waals surface area (Å²) in [4.78, 5) is 0. The Labute approximate surface area is 113 Å². The summed E-state index contributed by atoms with van der Waals surface area (Å²) in [5.41, 5.74) is 1.79. The zero-order chi connectivity index (χ0) is 13.5. The van der Waals surface area contributed by atoms with Gasteiger partial charge in [0.25, 0.3) is 0 Å². The van der Waals surface area contributed by atoms with Gasteiger partial charge in [0.2, 0.25) is 0 Å². The molecule has 19 heavy (non-hydrogen) atoms. The number of ether oxygens (including phenoxy) is 2. The lowest BCUT2D eigenvalue weighted by Gasteiger charge is -2.23. The zero-order valence-corrected chi connectivity index (χ0v) is 11.5. The van der Waals surface area contributed by atoms with Crippen LogP contribution in [0.2, 0.25) is 0 Å². The first-order valence-corrected chi connectivity index (χ1v) is 6.88. The molecule has 1 unspecified atom stereocenters. The summed E-state index contributed by atoms with van der Waals surface area (Å²) in [6.07, 6.45) is 4.13. The van der Waals surface area contributed by atoms with Crippen LogP contribution in [-0.2, 0) is 11.2 Å². The molecule has 0 amide bonds. The predicted octanol–water partition coefficient (Wildman–Crippen LogP) is 3.13. The average Bonchev–Trinajstić information content (AvgIpc) is 2.72. The second kappa shape index (κ2) is 4.57. The van der Waals surface area contributed by atoms with Gasteiger partial charge in [-0.05, 0) is 38.3 Å². The number of para-hydroxylation sites is 1. The Hall–Kier alpha value is -1.48. The number of aliphatic hydroxyl groups excluding tert-OH is 1. The minimum Gasteiger partial charge on any atom is -0.495 e. The van der Waals surface area contributed by atoms with Gasteiger partial charge in [-0.15, -0.1) is 0 Å². The van der Waals surface area contributed by atoms with Crippen LogP contribution in [-0.4, -0.2) is 17.3 Å². The molecule has 2 aliphatic heterocycles. The predicted molar refractivity (Wildman–Crippen MR) is 73.1 cm³/mol. The van der Waals surface area contributed by atoms with Crippen molar-refractivity contribution >= 4 is 0 Å². The summed E-state index contributed by atoms with van der Waals surface area (Å²) in [6, 6.07) is 5.96. The van der Waals surface area contributed by atoms with Crippen LogP contribution in [0.1, 0.15) is 43.9 Å². The van der Waals surface area contributed by atoms with Gasteiger partial charge in [-0.25, -0.2) is 0 Å². The molecule has 0 fully saturated rings. The second-order valence-electron chi connectivity index (χ2n) is 5.87. The Balaban J connectivity index is 1.94. The van der Waals surface area contributed by atoms with Gasteiger partial charge in [0, 0.05) is 12.0 Å². The van der Waals surface area contributed by atoms with Crippen molar-refractivity contribution in [2.75, 3.05) is 6.61 Å². The number of benzene rings is 1. The highest BCUT2D eigenvalue weighted by Gasteiger charge is 2.34. The van der Waals surface area contributed by atoms with Crippen LogP contribution in [0.3, 0.4) is 0 Å². The van der Waals surface area contributed by atoms with E-state index in [9.17, 15) is 5.11 Å². The van der Waals surface area contributed by atoms with Crippen LogP contribution in [0.15, 0.2) is 30.0 Å². The van der Waals surface area contributed by atoms with E-state index in [4.69, 9.17) is 9.47 Å². The maximum Gasteiger partial charge on any atom is 0.139 e. The highest BCUT2D eigenvalue weighted by Crippen LogP contribution is 2.42. The van der Waals surface area contributed by atoms with Gasteiger partial charge >= 0.3 is 0 Å². The van der Waals surface area contributed by atoms with Crippen LogP contribution in [0.4, 0.5) is 0 Å². The quantitative estimate of drug-likeness (QED) is 0.888. The molecule has 0 saturated heterocycles. The van der Waals surface area contributed by atoms with E-state index in [1.165, 1.54) is 0 Å². The standard InChI is InChI=1S/C16H20O3/c1-16(2)10-11-6-5-7-12(15(11)19-16)14(17)13-8-3-4-9-18-13/h5-8,14,17H,3-4,9-10H2,1-2H3. The highest BCUT2D eigenvalue weighted by atomic mass is 16.5. The molecule has 1 aromatic rings. The molecule has 102 valence electrons. The van der Waals surface area contributed by atoms with Crippen molar-refractivity contribution < 1.29 is 14.6 Å². The van der Waals surface area contributed by atoms with E-state index in [0.29, 0.717) is 12.4 Å². The van der Waals surface area contributed by atoms with E-state index in [0.717, 1.165) is 36.1 Å². The first-order chi connectivity index (χ1) is 9.07. The molecule has 0 aliphatic carbocycles. The number of hydrogen-bond donors (Lipinski definition) is 1. The third-order valence-corrected chi connectivity index (χ3v) is 3.65. The van der Waals surface area contributed by atoms with Gasteiger partial charge in [-0.2, -0.15) is 0 Å². The van der Waals surface area contributed by atoms with Crippen molar-refractivity contribution in [3.63, 3.8) is 0 Å². The molecular formula is C16H20O3. The lowest BCUT2D eigenvalue weighted by molar-refractivity contribution is 0.0852. The average molecular weight is 260 g/mol. The third-order valence-electron chi connectivity index (χ3n) is 3.65. The fourth-order valence-corrected chi connectivity index (χ4v) is 2.78. The first-order valence-electron chi connectivity index (χ1n) is 6.88. The summed E-state index contributed by atoms with van der Waals surface area (Å²) < 4.78 is 11.6. The van der Waals surface area contributed by atoms with E-state index in [-0.39, 0.29) is 5.60 Å². The van der Waals surface area contributed by atoms with Gasteiger partial charge in [-0.3, -0.25) is 0 Å². The molecule has 1 aromatic carbocycles. The molecule has 2 aliphatic rings. The maximum absolute atomic E-state index is 10.5. The molecule has 2 heterocycles. The van der Waals surface area contributed by atoms with Crippen LogP contribution >= 0.6 is 0 Å². The largest absolute Gasteiger partial charge is 0.495 e. The fraction of sp³-hybridized carbons (Fsp3) is 0.500. The van der Waals surface area contributed by atoms with Crippen molar-refractivity contribution in [1.82, 2.24) is 0 Å². The molecule has 3 rings (SSSR count). The Morgan fingerprint density at radius 1 is 1.32 bits per heavy atom. The molecule has 0 aromatic heterocycles. The molecule has 0 bridgehead atoms. The topological polar surface area (TPSA) is 38.7 Å². The molecule has 1 atom stereocenters. The first kappa shape index (κ1) is 12.5. The maximum atomic E-state index is 10.5. The number of hydrogen-bond acceptors (Lipinski definition) is 3. The van der Waals surface area contributed by atoms with E-state index < -0.39 is 6.10 Å². The van der Waals surface area contributed by atoms with Gasteiger partial charge < -0.3 is 14.6 Å². The van der Waals surface area contributed by atoms with Crippen LogP contribution in [0.25, 0.3) is 0 Å². The van der Waals surface area contributed by atoms with Crippen LogP contribution in [0, 0.1) is 0 Å². The monoisotopic (exact) mass is 260 g/mol. The molecule has 0 radical (unpaired) electrons. The normalized spacial score (nSPS) is 21.9. The minimum absolute atomic E-state index is 0.194. The Bertz CT molecular complexity index is 517. The molecule has 0 saturated carbocycles. The van der Waals surface area contributed by atoms with Gasteiger partial charge in [-0.1, -0.05) is 18.2 Å². The molecule has 3 heteroatoms. The molecule has 3 nitrogen and oxygen atoms in total. The van der Waals surface area contributed by atoms with Gasteiger partial charge in [0.15, 0.2) is 0 Å². The second-order valence-corrected chi connectivity index (χ2v) is 5.87. The summed E-state index contributed by atoms with van der Waals surface area (Å²) in [5, 5.41) is 10.5. The van der Waals surface area contributed by atoms with Crippen LogP contribution in [0.5, 0.6) is 5.75 Å². The van der Waals surface area contributed by atoms with Crippen LogP contribution < -0.4 is 4.74 Å².